The number of benzene rings is 2. The van der Waals surface area contributed by atoms with Crippen molar-refractivity contribution in [3.63, 3.8) is 0 Å². The molecule has 0 unspecified atom stereocenters. The highest BCUT2D eigenvalue weighted by Gasteiger charge is 2.17. The van der Waals surface area contributed by atoms with E-state index in [-0.39, 0.29) is 0 Å². The molecule has 1 amide bonds. The normalized spacial score (nSPS) is 13.8. The van der Waals surface area contributed by atoms with Crippen LogP contribution in [0.5, 0.6) is 5.75 Å². The average molecular weight is 512 g/mol. The Balaban J connectivity index is 1.44. The molecule has 0 spiro atoms. The standard InChI is InChI=1S/C29H33N7O2/c1-4-13-36-14-5-6-20(17-36)19-8-10-24(25(16-19)38-3)33-29-34-27-21(11-12-31-27)28(35-29)32-23-9-7-18(2)15-22(23)26(30)37/h6-12,15-16H,4-5,13-14,17H2,1-3H3,(H2,30,37)(H3,31,32,33,34,35). The van der Waals surface area contributed by atoms with Crippen LogP contribution >= 0.6 is 0 Å². The first-order chi connectivity index (χ1) is 18.4. The summed E-state index contributed by atoms with van der Waals surface area (Å²) in [6.07, 6.45) is 6.32. The Hall–Kier alpha value is -4.37. The van der Waals surface area contributed by atoms with Crippen molar-refractivity contribution in [2.45, 2.75) is 26.7 Å². The van der Waals surface area contributed by atoms with E-state index in [1.807, 2.05) is 31.2 Å². The third-order valence-electron chi connectivity index (χ3n) is 6.70. The zero-order valence-corrected chi connectivity index (χ0v) is 22.0. The van der Waals surface area contributed by atoms with Crippen molar-refractivity contribution in [2.24, 2.45) is 5.73 Å². The van der Waals surface area contributed by atoms with Crippen LogP contribution in [0.4, 0.5) is 23.1 Å². The number of amides is 1. The molecule has 4 aromatic rings. The highest BCUT2D eigenvalue weighted by molar-refractivity contribution is 6.00. The number of carbonyl (C=O) groups excluding carboxylic acids is 1. The molecule has 2 aromatic carbocycles. The van der Waals surface area contributed by atoms with Crippen LogP contribution in [0, 0.1) is 6.92 Å². The molecule has 3 heterocycles. The number of nitrogens with two attached hydrogens (primary N) is 1. The van der Waals surface area contributed by atoms with E-state index in [4.69, 9.17) is 15.5 Å². The van der Waals surface area contributed by atoms with E-state index in [0.717, 1.165) is 54.7 Å². The minimum atomic E-state index is -0.510. The molecule has 9 heteroatoms. The first kappa shape index (κ1) is 25.3. The van der Waals surface area contributed by atoms with Gasteiger partial charge < -0.3 is 26.1 Å². The van der Waals surface area contributed by atoms with E-state index in [2.05, 4.69) is 50.6 Å². The molecule has 1 aliphatic heterocycles. The van der Waals surface area contributed by atoms with Crippen LogP contribution < -0.4 is 21.1 Å². The Kier molecular flexibility index (Phi) is 7.28. The van der Waals surface area contributed by atoms with Crippen LogP contribution in [-0.4, -0.2) is 52.5 Å². The fraction of sp³-hybridized carbons (Fsp3) is 0.276. The van der Waals surface area contributed by atoms with Gasteiger partial charge in [0.2, 0.25) is 5.95 Å². The number of methoxy groups -OCH3 is 1. The van der Waals surface area contributed by atoms with Gasteiger partial charge in [0.15, 0.2) is 0 Å². The summed E-state index contributed by atoms with van der Waals surface area (Å²) in [7, 11) is 1.66. The lowest BCUT2D eigenvalue weighted by atomic mass is 10.00. The monoisotopic (exact) mass is 511 g/mol. The number of aromatic nitrogens is 3. The van der Waals surface area contributed by atoms with Gasteiger partial charge in [-0.25, -0.2) is 0 Å². The topological polar surface area (TPSA) is 121 Å². The summed E-state index contributed by atoms with van der Waals surface area (Å²) in [5.41, 5.74) is 11.4. The Morgan fingerprint density at radius 2 is 1.97 bits per heavy atom. The number of H-pyrrole nitrogens is 1. The number of carbonyl (C=O) groups is 1. The molecular formula is C29H33N7O2. The summed E-state index contributed by atoms with van der Waals surface area (Å²) in [5.74, 6) is 1.12. The third-order valence-corrected chi connectivity index (χ3v) is 6.70. The van der Waals surface area contributed by atoms with E-state index in [0.29, 0.717) is 34.4 Å². The zero-order valence-electron chi connectivity index (χ0n) is 22.0. The van der Waals surface area contributed by atoms with E-state index in [9.17, 15) is 4.79 Å². The highest BCUT2D eigenvalue weighted by Crippen LogP contribution is 2.33. The summed E-state index contributed by atoms with van der Waals surface area (Å²) < 4.78 is 5.74. The van der Waals surface area contributed by atoms with Crippen LogP contribution in [0.1, 0.15) is 41.3 Å². The molecule has 0 fully saturated rings. The summed E-state index contributed by atoms with van der Waals surface area (Å²) in [5, 5.41) is 7.37. The van der Waals surface area contributed by atoms with Crippen molar-refractivity contribution in [1.82, 2.24) is 19.9 Å². The Labute approximate surface area is 222 Å². The Bertz CT molecular complexity index is 1510. The van der Waals surface area contributed by atoms with Gasteiger partial charge in [0.05, 0.1) is 29.4 Å². The van der Waals surface area contributed by atoms with Crippen molar-refractivity contribution >= 4 is 45.7 Å². The molecule has 0 atom stereocenters. The molecule has 0 bridgehead atoms. The quantitative estimate of drug-likeness (QED) is 0.239. The van der Waals surface area contributed by atoms with Gasteiger partial charge in [-0.15, -0.1) is 0 Å². The second kappa shape index (κ2) is 10.9. The molecule has 0 saturated heterocycles. The average Bonchev–Trinajstić information content (AvgIpc) is 3.39. The van der Waals surface area contributed by atoms with Crippen LogP contribution in [0.25, 0.3) is 16.6 Å². The molecule has 196 valence electrons. The van der Waals surface area contributed by atoms with Crippen molar-refractivity contribution in [3.05, 3.63) is 71.4 Å². The molecule has 0 radical (unpaired) electrons. The number of rotatable bonds is 9. The molecule has 1 aliphatic rings. The molecule has 0 saturated carbocycles. The Morgan fingerprint density at radius 1 is 1.13 bits per heavy atom. The fourth-order valence-corrected chi connectivity index (χ4v) is 4.83. The summed E-state index contributed by atoms with van der Waals surface area (Å²) in [6, 6.07) is 13.5. The summed E-state index contributed by atoms with van der Waals surface area (Å²) in [6.45, 7) is 7.28. The maximum absolute atomic E-state index is 12.1. The minimum absolute atomic E-state index is 0.382. The number of nitrogens with zero attached hydrogens (tertiary/aromatic N) is 3. The molecule has 9 nitrogen and oxygen atoms in total. The third kappa shape index (κ3) is 5.33. The van der Waals surface area contributed by atoms with Crippen LogP contribution in [0.15, 0.2) is 54.7 Å². The SMILES string of the molecule is CCCN1CCC=C(c2ccc(Nc3nc(Nc4ccc(C)cc4C(N)=O)c4cc[nH]c4n3)c(OC)c2)C1. The number of anilines is 4. The first-order valence-electron chi connectivity index (χ1n) is 12.8. The van der Waals surface area contributed by atoms with Crippen LogP contribution in [0.3, 0.4) is 0 Å². The number of fused-ring (bicyclic) bond motifs is 1. The Morgan fingerprint density at radius 3 is 2.76 bits per heavy atom. The lowest BCUT2D eigenvalue weighted by Gasteiger charge is -2.27. The predicted molar refractivity (Wildman–Crippen MR) is 152 cm³/mol. The molecule has 0 aliphatic carbocycles. The second-order valence-electron chi connectivity index (χ2n) is 9.51. The lowest BCUT2D eigenvalue weighted by molar-refractivity contribution is 0.100. The number of hydrogen-bond acceptors (Lipinski definition) is 7. The minimum Gasteiger partial charge on any atom is -0.495 e. The second-order valence-corrected chi connectivity index (χ2v) is 9.51. The molecule has 38 heavy (non-hydrogen) atoms. The van der Waals surface area contributed by atoms with Gasteiger partial charge in [0, 0.05) is 19.3 Å². The number of aromatic amines is 1. The van der Waals surface area contributed by atoms with Crippen molar-refractivity contribution < 1.29 is 9.53 Å². The maximum Gasteiger partial charge on any atom is 0.250 e. The largest absolute Gasteiger partial charge is 0.495 e. The summed E-state index contributed by atoms with van der Waals surface area (Å²) in [4.78, 5) is 27.1. The number of nitrogens with one attached hydrogen (secondary N) is 3. The number of hydrogen-bond donors (Lipinski definition) is 4. The van der Waals surface area contributed by atoms with Gasteiger partial charge in [0.25, 0.3) is 5.91 Å². The number of aryl methyl sites for hydroxylation is 1. The molecule has 2 aromatic heterocycles. The number of primary amides is 1. The van der Waals surface area contributed by atoms with Crippen molar-refractivity contribution in [2.75, 3.05) is 37.4 Å². The van der Waals surface area contributed by atoms with Crippen molar-refractivity contribution in [1.29, 1.82) is 0 Å². The van der Waals surface area contributed by atoms with E-state index >= 15 is 0 Å². The molecule has 5 N–H and O–H groups in total. The van der Waals surface area contributed by atoms with E-state index in [1.54, 1.807) is 19.4 Å². The van der Waals surface area contributed by atoms with Gasteiger partial charge in [-0.05, 0) is 67.8 Å². The van der Waals surface area contributed by atoms with Gasteiger partial charge in [0.1, 0.15) is 17.2 Å². The maximum atomic E-state index is 12.1. The van der Waals surface area contributed by atoms with Gasteiger partial charge >= 0.3 is 0 Å². The van der Waals surface area contributed by atoms with Gasteiger partial charge in [-0.3, -0.25) is 9.69 Å². The van der Waals surface area contributed by atoms with E-state index in [1.165, 1.54) is 5.57 Å². The van der Waals surface area contributed by atoms with Crippen LogP contribution in [-0.2, 0) is 0 Å². The molecule has 5 rings (SSSR count). The zero-order chi connectivity index (χ0) is 26.6. The fourth-order valence-electron chi connectivity index (χ4n) is 4.83. The predicted octanol–water partition coefficient (Wildman–Crippen LogP) is 5.36. The highest BCUT2D eigenvalue weighted by atomic mass is 16.5. The van der Waals surface area contributed by atoms with Gasteiger partial charge in [-0.2, -0.15) is 9.97 Å². The van der Waals surface area contributed by atoms with Crippen molar-refractivity contribution in [3.8, 4) is 5.75 Å². The summed E-state index contributed by atoms with van der Waals surface area (Å²) >= 11 is 0. The first-order valence-corrected chi connectivity index (χ1v) is 12.8. The van der Waals surface area contributed by atoms with Gasteiger partial charge in [-0.1, -0.05) is 30.7 Å². The van der Waals surface area contributed by atoms with Crippen LogP contribution in [0.2, 0.25) is 0 Å². The smallest absolute Gasteiger partial charge is 0.250 e. The number of ether oxygens (including phenoxy) is 1. The molecular weight excluding hydrogens is 478 g/mol. The lowest BCUT2D eigenvalue weighted by Crippen LogP contribution is -2.30. The van der Waals surface area contributed by atoms with E-state index < -0.39 is 5.91 Å².